The summed E-state index contributed by atoms with van der Waals surface area (Å²) in [6, 6.07) is 9.43. The molecule has 0 fully saturated rings. The van der Waals surface area contributed by atoms with Crippen molar-refractivity contribution in [2.75, 3.05) is 0 Å². The van der Waals surface area contributed by atoms with Crippen molar-refractivity contribution in [1.29, 1.82) is 0 Å². The van der Waals surface area contributed by atoms with Gasteiger partial charge in [0.1, 0.15) is 10.6 Å². The van der Waals surface area contributed by atoms with Crippen LogP contribution in [0.4, 0.5) is 8.78 Å². The van der Waals surface area contributed by atoms with Gasteiger partial charge in [0.05, 0.1) is 0 Å². The van der Waals surface area contributed by atoms with E-state index in [1.807, 2.05) is 0 Å². The second kappa shape index (κ2) is 9.48. The number of carbonyl (C=O) groups excluding carboxylic acids is 1. The Kier molecular flexibility index (Phi) is 6.60. The van der Waals surface area contributed by atoms with Crippen molar-refractivity contribution in [1.82, 2.24) is 0 Å². The van der Waals surface area contributed by atoms with Gasteiger partial charge < -0.3 is 14.9 Å². The molecule has 0 saturated heterocycles. The van der Waals surface area contributed by atoms with Gasteiger partial charge in [-0.15, -0.1) is 11.3 Å². The Balaban J connectivity index is 1.87. The predicted octanol–water partition coefficient (Wildman–Crippen LogP) is 7.28. The standard InChI is InChI=1S/C26H17ClF2O5S/c1-12-7-15(27)8-13(2)22(12)23(33)26-24(17-5-4-16(30)11-20(17)35-26)34-25-18(28)9-14(10-19(25)29)3-6-21(31)32/h3-11,30H,1-2H3,(H,31,32)/b6-3+. The number of fused-ring (bicyclic) bond motifs is 1. The van der Waals surface area contributed by atoms with E-state index < -0.39 is 29.1 Å². The molecule has 0 spiro atoms. The number of benzene rings is 3. The number of aromatic hydroxyl groups is 1. The summed E-state index contributed by atoms with van der Waals surface area (Å²) in [7, 11) is 0. The van der Waals surface area contributed by atoms with E-state index in [4.69, 9.17) is 21.4 Å². The lowest BCUT2D eigenvalue weighted by molar-refractivity contribution is -0.131. The number of rotatable bonds is 6. The molecular formula is C26H17ClF2O5S. The number of carboxylic acids is 1. The quantitative estimate of drug-likeness (QED) is 0.209. The van der Waals surface area contributed by atoms with E-state index in [-0.39, 0.29) is 21.9 Å². The van der Waals surface area contributed by atoms with Gasteiger partial charge in [0.2, 0.25) is 5.78 Å². The topological polar surface area (TPSA) is 83.8 Å². The fraction of sp³-hybridized carbons (Fsp3) is 0.0769. The Morgan fingerprint density at radius 1 is 1.00 bits per heavy atom. The lowest BCUT2D eigenvalue weighted by Gasteiger charge is -2.12. The number of carbonyl (C=O) groups is 2. The van der Waals surface area contributed by atoms with Crippen LogP contribution in [-0.2, 0) is 4.79 Å². The lowest BCUT2D eigenvalue weighted by Crippen LogP contribution is -2.06. The third-order valence-electron chi connectivity index (χ3n) is 5.20. The number of thiophene rings is 1. The summed E-state index contributed by atoms with van der Waals surface area (Å²) in [4.78, 5) is 24.4. The van der Waals surface area contributed by atoms with Crippen molar-refractivity contribution in [2.45, 2.75) is 13.8 Å². The molecule has 0 radical (unpaired) electrons. The smallest absolute Gasteiger partial charge is 0.328 e. The molecule has 0 atom stereocenters. The molecule has 0 unspecified atom stereocenters. The maximum absolute atomic E-state index is 14.8. The summed E-state index contributed by atoms with van der Waals surface area (Å²) in [5, 5.41) is 19.5. The molecule has 4 rings (SSSR count). The third kappa shape index (κ3) is 4.89. The Labute approximate surface area is 207 Å². The fourth-order valence-corrected chi connectivity index (χ4v) is 5.17. The van der Waals surface area contributed by atoms with Crippen LogP contribution in [0.2, 0.25) is 5.02 Å². The number of halogens is 3. The van der Waals surface area contributed by atoms with Gasteiger partial charge in [-0.3, -0.25) is 4.79 Å². The second-order valence-corrected chi connectivity index (χ2v) is 9.26. The van der Waals surface area contributed by atoms with Gasteiger partial charge in [0.15, 0.2) is 23.1 Å². The van der Waals surface area contributed by atoms with E-state index in [1.54, 1.807) is 26.0 Å². The Hall–Kier alpha value is -3.75. The van der Waals surface area contributed by atoms with Crippen LogP contribution in [0.25, 0.3) is 16.2 Å². The molecule has 1 heterocycles. The number of phenols is 1. The highest BCUT2D eigenvalue weighted by atomic mass is 35.5. The molecule has 35 heavy (non-hydrogen) atoms. The van der Waals surface area contributed by atoms with E-state index in [2.05, 4.69) is 0 Å². The molecule has 0 amide bonds. The van der Waals surface area contributed by atoms with Gasteiger partial charge in [0.25, 0.3) is 0 Å². The van der Waals surface area contributed by atoms with E-state index in [0.717, 1.165) is 35.6 Å². The first-order valence-electron chi connectivity index (χ1n) is 10.2. The molecule has 0 aliphatic heterocycles. The highest BCUT2D eigenvalue weighted by Crippen LogP contribution is 2.44. The third-order valence-corrected chi connectivity index (χ3v) is 6.55. The Morgan fingerprint density at radius 3 is 2.23 bits per heavy atom. The molecule has 178 valence electrons. The zero-order chi connectivity index (χ0) is 25.4. The number of hydrogen-bond donors (Lipinski definition) is 2. The van der Waals surface area contributed by atoms with Crippen LogP contribution in [-0.4, -0.2) is 22.0 Å². The van der Waals surface area contributed by atoms with E-state index in [1.165, 1.54) is 18.2 Å². The van der Waals surface area contributed by atoms with Crippen LogP contribution in [0, 0.1) is 25.5 Å². The molecular weight excluding hydrogens is 498 g/mol. The van der Waals surface area contributed by atoms with Gasteiger partial charge >= 0.3 is 5.97 Å². The number of aryl methyl sites for hydroxylation is 2. The van der Waals surface area contributed by atoms with E-state index in [9.17, 15) is 23.5 Å². The van der Waals surface area contributed by atoms with Crippen LogP contribution in [0.1, 0.15) is 31.9 Å². The maximum Gasteiger partial charge on any atom is 0.328 e. The summed E-state index contributed by atoms with van der Waals surface area (Å²) in [6.45, 7) is 3.46. The average Bonchev–Trinajstić information content (AvgIpc) is 3.11. The zero-order valence-corrected chi connectivity index (χ0v) is 19.9. The Morgan fingerprint density at radius 2 is 1.63 bits per heavy atom. The molecule has 1 aromatic heterocycles. The molecule has 2 N–H and O–H groups in total. The van der Waals surface area contributed by atoms with Crippen molar-refractivity contribution in [3.63, 3.8) is 0 Å². The number of hydrogen-bond acceptors (Lipinski definition) is 5. The molecule has 5 nitrogen and oxygen atoms in total. The SMILES string of the molecule is Cc1cc(Cl)cc(C)c1C(=O)c1sc2cc(O)ccc2c1Oc1c(F)cc(/C=C/C(=O)O)cc1F. The largest absolute Gasteiger partial charge is 0.508 e. The van der Waals surface area contributed by atoms with Gasteiger partial charge in [-0.25, -0.2) is 13.6 Å². The summed E-state index contributed by atoms with van der Waals surface area (Å²) in [5.74, 6) is -4.70. The predicted molar refractivity (Wildman–Crippen MR) is 131 cm³/mol. The number of phenolic OH excluding ortho intramolecular Hbond substituents is 1. The minimum Gasteiger partial charge on any atom is -0.508 e. The zero-order valence-electron chi connectivity index (χ0n) is 18.4. The summed E-state index contributed by atoms with van der Waals surface area (Å²) in [5.41, 5.74) is 1.61. The highest BCUT2D eigenvalue weighted by molar-refractivity contribution is 7.21. The van der Waals surface area contributed by atoms with Gasteiger partial charge in [-0.2, -0.15) is 0 Å². The Bertz CT molecular complexity index is 1490. The van der Waals surface area contributed by atoms with Gasteiger partial charge in [0, 0.05) is 26.7 Å². The maximum atomic E-state index is 14.8. The molecule has 9 heteroatoms. The number of aliphatic carboxylic acids is 1. The van der Waals surface area contributed by atoms with Crippen molar-refractivity contribution in [2.24, 2.45) is 0 Å². The average molecular weight is 515 g/mol. The van der Waals surface area contributed by atoms with Gasteiger partial charge in [-0.1, -0.05) is 11.6 Å². The number of ether oxygens (including phenoxy) is 1. The first kappa shape index (κ1) is 24.4. The van der Waals surface area contributed by atoms with Crippen molar-refractivity contribution >= 4 is 50.9 Å². The molecule has 0 saturated carbocycles. The number of carboxylic acid groups (broad SMARTS) is 1. The fourth-order valence-electron chi connectivity index (χ4n) is 3.74. The van der Waals surface area contributed by atoms with Crippen LogP contribution in [0.3, 0.4) is 0 Å². The summed E-state index contributed by atoms with van der Waals surface area (Å²) in [6.07, 6.45) is 1.79. The van der Waals surface area contributed by atoms with E-state index >= 15 is 0 Å². The van der Waals surface area contributed by atoms with Crippen LogP contribution < -0.4 is 4.74 Å². The molecule has 3 aromatic carbocycles. The highest BCUT2D eigenvalue weighted by Gasteiger charge is 2.26. The monoisotopic (exact) mass is 514 g/mol. The van der Waals surface area contributed by atoms with Crippen molar-refractivity contribution in [3.8, 4) is 17.2 Å². The lowest BCUT2D eigenvalue weighted by atomic mass is 9.98. The minimum atomic E-state index is -1.27. The second-order valence-electron chi connectivity index (χ2n) is 7.77. The van der Waals surface area contributed by atoms with Crippen LogP contribution in [0.15, 0.2) is 48.5 Å². The van der Waals surface area contributed by atoms with Gasteiger partial charge in [-0.05, 0) is 79.1 Å². The molecule has 0 aliphatic carbocycles. The minimum absolute atomic E-state index is 0.0152. The molecule has 0 aliphatic rings. The van der Waals surface area contributed by atoms with Crippen LogP contribution >= 0.6 is 22.9 Å². The summed E-state index contributed by atoms with van der Waals surface area (Å²) >= 11 is 7.12. The normalized spacial score (nSPS) is 11.3. The summed E-state index contributed by atoms with van der Waals surface area (Å²) < 4.78 is 35.8. The first-order chi connectivity index (χ1) is 16.5. The number of ketones is 1. The molecule has 4 aromatic rings. The van der Waals surface area contributed by atoms with Crippen molar-refractivity contribution < 1.29 is 33.3 Å². The van der Waals surface area contributed by atoms with Crippen LogP contribution in [0.5, 0.6) is 17.2 Å². The van der Waals surface area contributed by atoms with E-state index in [0.29, 0.717) is 31.8 Å². The first-order valence-corrected chi connectivity index (χ1v) is 11.4. The molecule has 0 bridgehead atoms. The van der Waals surface area contributed by atoms with Crippen molar-refractivity contribution in [3.05, 3.63) is 92.3 Å².